The summed E-state index contributed by atoms with van der Waals surface area (Å²) in [6.45, 7) is 4.01. The summed E-state index contributed by atoms with van der Waals surface area (Å²) >= 11 is 0. The molecule has 1 aliphatic heterocycles. The van der Waals surface area contributed by atoms with Crippen LogP contribution < -0.4 is 5.73 Å². The number of unbranched alkanes of at least 4 members (excludes halogenated alkanes) is 6. The van der Waals surface area contributed by atoms with E-state index in [-0.39, 0.29) is 0 Å². The first-order valence-corrected chi connectivity index (χ1v) is 7.20. The largest absolute Gasteiger partial charge is 0.378 e. The standard InChI is InChI=1S/C14H29NO/c1-2-3-4-5-6-7-8-9-14-13(12-15)10-11-16-14/h13-14H,2-12,15H2,1H3. The lowest BCUT2D eigenvalue weighted by Crippen LogP contribution is -2.23. The second kappa shape index (κ2) is 9.00. The zero-order valence-electron chi connectivity index (χ0n) is 10.9. The molecule has 2 unspecified atom stereocenters. The zero-order chi connectivity index (χ0) is 11.6. The van der Waals surface area contributed by atoms with Gasteiger partial charge in [-0.05, 0) is 25.3 Å². The highest BCUT2D eigenvalue weighted by atomic mass is 16.5. The van der Waals surface area contributed by atoms with Crippen LogP contribution >= 0.6 is 0 Å². The molecular formula is C14H29NO. The Labute approximate surface area is 101 Å². The Balaban J connectivity index is 1.90. The van der Waals surface area contributed by atoms with Crippen molar-refractivity contribution in [2.45, 2.75) is 70.8 Å². The minimum atomic E-state index is 0.473. The summed E-state index contributed by atoms with van der Waals surface area (Å²) in [7, 11) is 0. The maximum atomic E-state index is 5.73. The monoisotopic (exact) mass is 227 g/mol. The summed E-state index contributed by atoms with van der Waals surface area (Å²) in [5.41, 5.74) is 5.73. The van der Waals surface area contributed by atoms with E-state index in [1.54, 1.807) is 0 Å². The molecule has 0 saturated carbocycles. The molecule has 0 aromatic heterocycles. The minimum absolute atomic E-state index is 0.473. The average molecular weight is 227 g/mol. The van der Waals surface area contributed by atoms with Crippen molar-refractivity contribution in [2.75, 3.05) is 13.2 Å². The lowest BCUT2D eigenvalue weighted by molar-refractivity contribution is 0.0827. The van der Waals surface area contributed by atoms with Crippen molar-refractivity contribution >= 4 is 0 Å². The summed E-state index contributed by atoms with van der Waals surface area (Å²) in [6.07, 6.45) is 12.6. The predicted octanol–water partition coefficient (Wildman–Crippen LogP) is 3.49. The summed E-state index contributed by atoms with van der Waals surface area (Å²) in [5.74, 6) is 0.639. The van der Waals surface area contributed by atoms with Crippen molar-refractivity contribution in [1.82, 2.24) is 0 Å². The lowest BCUT2D eigenvalue weighted by atomic mass is 9.96. The van der Waals surface area contributed by atoms with E-state index in [0.717, 1.165) is 13.2 Å². The van der Waals surface area contributed by atoms with Gasteiger partial charge in [0, 0.05) is 6.61 Å². The molecule has 1 saturated heterocycles. The first-order valence-electron chi connectivity index (χ1n) is 7.20. The molecule has 0 aromatic rings. The molecule has 2 N–H and O–H groups in total. The highest BCUT2D eigenvalue weighted by Gasteiger charge is 2.25. The average Bonchev–Trinajstić information content (AvgIpc) is 2.75. The first-order chi connectivity index (χ1) is 7.88. The molecule has 1 heterocycles. The fraction of sp³-hybridized carbons (Fsp3) is 1.00. The van der Waals surface area contributed by atoms with Crippen molar-refractivity contribution in [3.63, 3.8) is 0 Å². The van der Waals surface area contributed by atoms with Crippen molar-refractivity contribution in [1.29, 1.82) is 0 Å². The highest BCUT2D eigenvalue weighted by molar-refractivity contribution is 4.76. The highest BCUT2D eigenvalue weighted by Crippen LogP contribution is 2.24. The van der Waals surface area contributed by atoms with Gasteiger partial charge in [-0.3, -0.25) is 0 Å². The predicted molar refractivity (Wildman–Crippen MR) is 69.5 cm³/mol. The quantitative estimate of drug-likeness (QED) is 0.612. The number of ether oxygens (including phenoxy) is 1. The van der Waals surface area contributed by atoms with Crippen molar-refractivity contribution in [2.24, 2.45) is 11.7 Å². The third-order valence-electron chi connectivity index (χ3n) is 3.74. The Morgan fingerprint density at radius 3 is 2.44 bits per heavy atom. The van der Waals surface area contributed by atoms with Crippen LogP contribution in [0.3, 0.4) is 0 Å². The fourth-order valence-corrected chi connectivity index (χ4v) is 2.58. The van der Waals surface area contributed by atoms with Gasteiger partial charge in [0.1, 0.15) is 0 Å². The minimum Gasteiger partial charge on any atom is -0.378 e. The van der Waals surface area contributed by atoms with Gasteiger partial charge >= 0.3 is 0 Å². The van der Waals surface area contributed by atoms with Crippen LogP contribution in [0, 0.1) is 5.92 Å². The molecule has 2 heteroatoms. The molecule has 0 aliphatic carbocycles. The van der Waals surface area contributed by atoms with Crippen LogP contribution in [-0.4, -0.2) is 19.3 Å². The molecule has 0 bridgehead atoms. The SMILES string of the molecule is CCCCCCCCCC1OCCC1CN. The van der Waals surface area contributed by atoms with E-state index in [9.17, 15) is 0 Å². The van der Waals surface area contributed by atoms with Crippen molar-refractivity contribution in [3.8, 4) is 0 Å². The Kier molecular flexibility index (Phi) is 7.87. The van der Waals surface area contributed by atoms with E-state index in [0.29, 0.717) is 12.0 Å². The van der Waals surface area contributed by atoms with Gasteiger partial charge < -0.3 is 10.5 Å². The number of hydrogen-bond acceptors (Lipinski definition) is 2. The molecule has 2 atom stereocenters. The van der Waals surface area contributed by atoms with E-state index in [1.165, 1.54) is 57.8 Å². The fourth-order valence-electron chi connectivity index (χ4n) is 2.58. The van der Waals surface area contributed by atoms with Crippen molar-refractivity contribution < 1.29 is 4.74 Å². The van der Waals surface area contributed by atoms with Crippen molar-refractivity contribution in [3.05, 3.63) is 0 Å². The molecule has 2 nitrogen and oxygen atoms in total. The van der Waals surface area contributed by atoms with Gasteiger partial charge in [0.2, 0.25) is 0 Å². The van der Waals surface area contributed by atoms with Gasteiger partial charge in [-0.15, -0.1) is 0 Å². The van der Waals surface area contributed by atoms with Gasteiger partial charge in [-0.2, -0.15) is 0 Å². The van der Waals surface area contributed by atoms with Crippen LogP contribution in [0.2, 0.25) is 0 Å². The maximum absolute atomic E-state index is 5.73. The van der Waals surface area contributed by atoms with Gasteiger partial charge in [0.15, 0.2) is 0 Å². The van der Waals surface area contributed by atoms with E-state index >= 15 is 0 Å². The van der Waals surface area contributed by atoms with Crippen LogP contribution in [0.25, 0.3) is 0 Å². The smallest absolute Gasteiger partial charge is 0.0616 e. The van der Waals surface area contributed by atoms with Crippen LogP contribution in [0.4, 0.5) is 0 Å². The summed E-state index contributed by atoms with van der Waals surface area (Å²) in [5, 5.41) is 0. The molecule has 0 spiro atoms. The molecule has 16 heavy (non-hydrogen) atoms. The Hall–Kier alpha value is -0.0800. The molecule has 1 fully saturated rings. The summed E-state index contributed by atoms with van der Waals surface area (Å²) in [4.78, 5) is 0. The second-order valence-corrected chi connectivity index (χ2v) is 5.10. The third kappa shape index (κ3) is 5.31. The normalized spacial score (nSPS) is 25.1. The number of hydrogen-bond donors (Lipinski definition) is 1. The van der Waals surface area contributed by atoms with Crippen LogP contribution in [0.1, 0.15) is 64.7 Å². The van der Waals surface area contributed by atoms with Crippen LogP contribution in [-0.2, 0) is 4.74 Å². The summed E-state index contributed by atoms with van der Waals surface area (Å²) in [6, 6.07) is 0. The number of rotatable bonds is 9. The Morgan fingerprint density at radius 1 is 1.06 bits per heavy atom. The molecule has 0 radical (unpaired) electrons. The van der Waals surface area contributed by atoms with E-state index in [1.807, 2.05) is 0 Å². The zero-order valence-corrected chi connectivity index (χ0v) is 10.9. The molecular weight excluding hydrogens is 198 g/mol. The first kappa shape index (κ1) is 14.0. The Morgan fingerprint density at radius 2 is 1.75 bits per heavy atom. The van der Waals surface area contributed by atoms with Gasteiger partial charge in [0.05, 0.1) is 6.10 Å². The van der Waals surface area contributed by atoms with Crippen LogP contribution in [0.5, 0.6) is 0 Å². The molecule has 0 aromatic carbocycles. The van der Waals surface area contributed by atoms with Gasteiger partial charge in [-0.1, -0.05) is 51.9 Å². The maximum Gasteiger partial charge on any atom is 0.0616 e. The third-order valence-corrected chi connectivity index (χ3v) is 3.74. The topological polar surface area (TPSA) is 35.2 Å². The number of nitrogens with two attached hydrogens (primary N) is 1. The van der Waals surface area contributed by atoms with E-state index in [2.05, 4.69) is 6.92 Å². The molecule has 0 amide bonds. The lowest BCUT2D eigenvalue weighted by Gasteiger charge is -2.16. The van der Waals surface area contributed by atoms with Gasteiger partial charge in [-0.25, -0.2) is 0 Å². The molecule has 96 valence electrons. The van der Waals surface area contributed by atoms with Crippen LogP contribution in [0.15, 0.2) is 0 Å². The summed E-state index contributed by atoms with van der Waals surface area (Å²) < 4.78 is 5.72. The molecule has 1 rings (SSSR count). The second-order valence-electron chi connectivity index (χ2n) is 5.10. The van der Waals surface area contributed by atoms with E-state index in [4.69, 9.17) is 10.5 Å². The molecule has 1 aliphatic rings. The van der Waals surface area contributed by atoms with Gasteiger partial charge in [0.25, 0.3) is 0 Å². The Bertz CT molecular complexity index is 161. The van der Waals surface area contributed by atoms with E-state index < -0.39 is 0 Å².